The van der Waals surface area contributed by atoms with Crippen molar-refractivity contribution in [2.45, 2.75) is 90.3 Å². The fraction of sp³-hybridized carbons (Fsp3) is 1.00. The maximum atomic E-state index is 6.56. The Balaban J connectivity index is 2.50. The second kappa shape index (κ2) is 7.49. The summed E-state index contributed by atoms with van der Waals surface area (Å²) in [5.41, 5.74) is 0. The van der Waals surface area contributed by atoms with E-state index < -0.39 is 0 Å². The molecule has 0 aromatic heterocycles. The van der Waals surface area contributed by atoms with E-state index in [0.717, 1.165) is 18.3 Å². The highest BCUT2D eigenvalue weighted by atomic mass is 14.3. The lowest BCUT2D eigenvalue weighted by Gasteiger charge is -2.32. The topological polar surface area (TPSA) is 0 Å². The molecular weight excluding hydrogens is 203 g/mol. The van der Waals surface area contributed by atoms with Gasteiger partial charge in [0.05, 0.1) is 7.85 Å². The van der Waals surface area contributed by atoms with Crippen LogP contribution in [0.15, 0.2) is 0 Å². The van der Waals surface area contributed by atoms with Gasteiger partial charge in [0.2, 0.25) is 0 Å². The van der Waals surface area contributed by atoms with Gasteiger partial charge in [0.1, 0.15) is 0 Å². The van der Waals surface area contributed by atoms with Gasteiger partial charge in [-0.15, -0.1) is 0 Å². The van der Waals surface area contributed by atoms with E-state index in [-0.39, 0.29) is 5.31 Å². The third-order valence-corrected chi connectivity index (χ3v) is 4.72. The molecule has 1 aliphatic carbocycles. The van der Waals surface area contributed by atoms with Crippen molar-refractivity contribution in [1.82, 2.24) is 0 Å². The molecular formula is C16H31B. The summed E-state index contributed by atoms with van der Waals surface area (Å²) >= 11 is 0. The summed E-state index contributed by atoms with van der Waals surface area (Å²) in [6, 6.07) is 0. The minimum Gasteiger partial charge on any atom is -0.0661 e. The van der Waals surface area contributed by atoms with E-state index in [1.165, 1.54) is 57.8 Å². The van der Waals surface area contributed by atoms with Crippen molar-refractivity contribution in [2.24, 2.45) is 11.8 Å². The van der Waals surface area contributed by atoms with Gasteiger partial charge in [-0.05, 0) is 11.8 Å². The van der Waals surface area contributed by atoms with Crippen LogP contribution in [0.1, 0.15) is 85.0 Å². The Kier molecular flexibility index (Phi) is 6.66. The van der Waals surface area contributed by atoms with Gasteiger partial charge in [-0.1, -0.05) is 90.3 Å². The molecule has 98 valence electrons. The minimum atomic E-state index is 0.127. The highest BCUT2D eigenvalue weighted by Crippen LogP contribution is 2.41. The summed E-state index contributed by atoms with van der Waals surface area (Å²) in [6.07, 6.45) is 13.4. The SMILES string of the molecule is [B]C1(CC)CCCCC(C)CCCCC(C)C1. The van der Waals surface area contributed by atoms with Crippen LogP contribution < -0.4 is 0 Å². The molecule has 0 amide bonds. The highest BCUT2D eigenvalue weighted by Gasteiger charge is 2.24. The summed E-state index contributed by atoms with van der Waals surface area (Å²) in [5.74, 6) is 1.74. The van der Waals surface area contributed by atoms with Crippen molar-refractivity contribution in [3.8, 4) is 0 Å². The lowest BCUT2D eigenvalue weighted by Crippen LogP contribution is -2.16. The summed E-state index contributed by atoms with van der Waals surface area (Å²) < 4.78 is 0. The fourth-order valence-electron chi connectivity index (χ4n) is 3.32. The Morgan fingerprint density at radius 3 is 2.06 bits per heavy atom. The maximum absolute atomic E-state index is 6.56. The lowest BCUT2D eigenvalue weighted by atomic mass is 9.59. The molecule has 1 fully saturated rings. The molecule has 0 aromatic rings. The molecule has 0 nitrogen and oxygen atoms in total. The highest BCUT2D eigenvalue weighted by molar-refractivity contribution is 6.15. The molecule has 1 rings (SSSR count). The van der Waals surface area contributed by atoms with Crippen molar-refractivity contribution in [1.29, 1.82) is 0 Å². The Labute approximate surface area is 110 Å². The molecule has 0 spiro atoms. The van der Waals surface area contributed by atoms with Gasteiger partial charge in [-0.25, -0.2) is 0 Å². The zero-order valence-corrected chi connectivity index (χ0v) is 12.3. The summed E-state index contributed by atoms with van der Waals surface area (Å²) in [7, 11) is 6.56. The van der Waals surface area contributed by atoms with E-state index in [0.29, 0.717) is 0 Å². The Hall–Kier alpha value is 0.0649. The quantitative estimate of drug-likeness (QED) is 0.524. The van der Waals surface area contributed by atoms with E-state index in [4.69, 9.17) is 7.85 Å². The van der Waals surface area contributed by atoms with Crippen molar-refractivity contribution < 1.29 is 0 Å². The molecule has 17 heavy (non-hydrogen) atoms. The first kappa shape index (κ1) is 15.1. The van der Waals surface area contributed by atoms with Crippen LogP contribution >= 0.6 is 0 Å². The van der Waals surface area contributed by atoms with Gasteiger partial charge in [0, 0.05) is 0 Å². The van der Waals surface area contributed by atoms with Crippen LogP contribution in [0.4, 0.5) is 0 Å². The van der Waals surface area contributed by atoms with Gasteiger partial charge < -0.3 is 0 Å². The van der Waals surface area contributed by atoms with Gasteiger partial charge in [0.25, 0.3) is 0 Å². The average molecular weight is 234 g/mol. The number of hydrogen-bond donors (Lipinski definition) is 0. The zero-order chi connectivity index (χ0) is 12.7. The largest absolute Gasteiger partial charge is 0.0746 e. The van der Waals surface area contributed by atoms with Gasteiger partial charge in [-0.3, -0.25) is 0 Å². The van der Waals surface area contributed by atoms with Crippen LogP contribution in [-0.2, 0) is 0 Å². The Morgan fingerprint density at radius 2 is 1.47 bits per heavy atom. The first-order chi connectivity index (χ1) is 8.06. The molecule has 0 aromatic carbocycles. The van der Waals surface area contributed by atoms with Crippen LogP contribution in [0.2, 0.25) is 5.31 Å². The lowest BCUT2D eigenvalue weighted by molar-refractivity contribution is 0.325. The predicted octanol–water partition coefficient (Wildman–Crippen LogP) is 5.52. The third kappa shape index (κ3) is 5.97. The molecule has 0 heterocycles. The van der Waals surface area contributed by atoms with E-state index in [1.54, 1.807) is 0 Å². The second-order valence-electron chi connectivity index (χ2n) is 6.66. The Bertz CT molecular complexity index is 202. The monoisotopic (exact) mass is 234 g/mol. The van der Waals surface area contributed by atoms with E-state index in [9.17, 15) is 0 Å². The predicted molar refractivity (Wildman–Crippen MR) is 78.6 cm³/mol. The maximum Gasteiger partial charge on any atom is 0.0746 e. The molecule has 2 radical (unpaired) electrons. The summed E-state index contributed by atoms with van der Waals surface area (Å²) in [4.78, 5) is 0. The fourth-order valence-corrected chi connectivity index (χ4v) is 3.32. The summed E-state index contributed by atoms with van der Waals surface area (Å²) in [6.45, 7) is 7.08. The van der Waals surface area contributed by atoms with E-state index in [1.807, 2.05) is 0 Å². The molecule has 1 heteroatoms. The molecule has 1 aliphatic rings. The molecule has 3 unspecified atom stereocenters. The Morgan fingerprint density at radius 1 is 0.941 bits per heavy atom. The smallest absolute Gasteiger partial charge is 0.0661 e. The molecule has 1 saturated carbocycles. The number of hydrogen-bond acceptors (Lipinski definition) is 0. The zero-order valence-electron chi connectivity index (χ0n) is 12.3. The number of rotatable bonds is 1. The van der Waals surface area contributed by atoms with Crippen LogP contribution in [0.5, 0.6) is 0 Å². The molecule has 0 N–H and O–H groups in total. The third-order valence-electron chi connectivity index (χ3n) is 4.72. The van der Waals surface area contributed by atoms with Crippen LogP contribution in [0.3, 0.4) is 0 Å². The van der Waals surface area contributed by atoms with Gasteiger partial charge in [0.15, 0.2) is 0 Å². The van der Waals surface area contributed by atoms with Crippen molar-refractivity contribution in [3.63, 3.8) is 0 Å². The first-order valence-electron chi connectivity index (χ1n) is 7.84. The van der Waals surface area contributed by atoms with Gasteiger partial charge >= 0.3 is 0 Å². The minimum absolute atomic E-state index is 0.127. The van der Waals surface area contributed by atoms with E-state index >= 15 is 0 Å². The normalized spacial score (nSPS) is 38.1. The van der Waals surface area contributed by atoms with Crippen molar-refractivity contribution in [2.75, 3.05) is 0 Å². The molecule has 0 saturated heterocycles. The van der Waals surface area contributed by atoms with Crippen molar-refractivity contribution >= 4 is 7.85 Å². The second-order valence-corrected chi connectivity index (χ2v) is 6.66. The average Bonchev–Trinajstić information content (AvgIpc) is 2.29. The molecule has 0 bridgehead atoms. The van der Waals surface area contributed by atoms with Crippen LogP contribution in [0.25, 0.3) is 0 Å². The van der Waals surface area contributed by atoms with Crippen LogP contribution in [-0.4, -0.2) is 7.85 Å². The van der Waals surface area contributed by atoms with Gasteiger partial charge in [-0.2, -0.15) is 0 Å². The molecule has 3 atom stereocenters. The van der Waals surface area contributed by atoms with Crippen LogP contribution in [0, 0.1) is 11.8 Å². The van der Waals surface area contributed by atoms with E-state index in [2.05, 4.69) is 20.8 Å². The molecule has 0 aliphatic heterocycles. The summed E-state index contributed by atoms with van der Waals surface area (Å²) in [5, 5.41) is 0.127. The van der Waals surface area contributed by atoms with Crippen molar-refractivity contribution in [3.05, 3.63) is 0 Å². The first-order valence-corrected chi connectivity index (χ1v) is 7.84. The standard InChI is InChI=1S/C16H31B/c1-4-16(17)12-8-7-10-14(2)9-5-6-11-15(3)13-16/h14-15H,4-13H2,1-3H3.